The van der Waals surface area contributed by atoms with Gasteiger partial charge in [-0.2, -0.15) is 5.10 Å². The third-order valence-electron chi connectivity index (χ3n) is 13.6. The fraction of sp³-hybridized carbons (Fsp3) is 0.370. The number of amides is 6. The Balaban J connectivity index is 0.702. The van der Waals surface area contributed by atoms with Crippen LogP contribution in [0.25, 0.3) is 22.2 Å². The van der Waals surface area contributed by atoms with E-state index in [1.165, 1.54) is 32.1 Å². The molecule has 6 aromatic rings. The molecule has 0 bridgehead atoms. The van der Waals surface area contributed by atoms with Crippen molar-refractivity contribution in [3.63, 3.8) is 0 Å². The number of carbonyl (C=O) groups is 5. The number of nitrogens with one attached hydrogen (secondary N) is 3. The van der Waals surface area contributed by atoms with Crippen molar-refractivity contribution in [2.45, 2.75) is 56.7 Å². The van der Waals surface area contributed by atoms with Gasteiger partial charge in [0.25, 0.3) is 17.7 Å². The molecule has 0 aliphatic carbocycles. The molecule has 350 valence electrons. The Kier molecular flexibility index (Phi) is 10.9. The van der Waals surface area contributed by atoms with Gasteiger partial charge in [0.15, 0.2) is 17.0 Å². The summed E-state index contributed by atoms with van der Waals surface area (Å²) in [5, 5.41) is 14.8. The number of H-pyrrole nitrogens is 1. The topological polar surface area (TPSA) is 198 Å². The molecular weight excluding hydrogens is 904 g/mol. The smallest absolute Gasteiger partial charge is 0.329 e. The number of fused-ring (bicyclic) bond motifs is 3. The number of rotatable bonds is 10. The zero-order valence-corrected chi connectivity index (χ0v) is 37.3. The van der Waals surface area contributed by atoms with Gasteiger partial charge in [0.2, 0.25) is 11.8 Å². The Labute approximate surface area is 390 Å². The summed E-state index contributed by atoms with van der Waals surface area (Å²) in [4.78, 5) is 86.8. The van der Waals surface area contributed by atoms with Crippen molar-refractivity contribution in [3.05, 3.63) is 100 Å². The second kappa shape index (κ2) is 17.1. The van der Waals surface area contributed by atoms with Gasteiger partial charge in [0.05, 0.1) is 60.7 Å². The molecule has 4 aromatic heterocycles. The van der Waals surface area contributed by atoms with Crippen molar-refractivity contribution in [1.82, 2.24) is 49.7 Å². The van der Waals surface area contributed by atoms with Gasteiger partial charge in [-0.25, -0.2) is 27.9 Å². The molecule has 2 aromatic carbocycles. The van der Waals surface area contributed by atoms with Gasteiger partial charge in [0.1, 0.15) is 5.82 Å². The summed E-state index contributed by atoms with van der Waals surface area (Å²) in [6, 6.07) is 9.78. The average molecular weight is 948 g/mol. The monoisotopic (exact) mass is 947 g/mol. The van der Waals surface area contributed by atoms with Crippen LogP contribution in [-0.2, 0) is 33.9 Å². The van der Waals surface area contributed by atoms with E-state index in [0.717, 1.165) is 24.3 Å². The van der Waals surface area contributed by atoms with Gasteiger partial charge < -0.3 is 19.3 Å². The SMILES string of the molecule is O=C1CCN(c2n[nH]c3cc(C4CCN(CC(=O)N5CCN(c6ccc(-c7cc(F)c8c(c7)C(=O)N(C(C(=O)Nc7nccs7)c7ncn9c7CCC9)C8)nc6)CC5)CC4(F)F)ccc23)C(=O)N1. The van der Waals surface area contributed by atoms with Crippen LogP contribution in [0.2, 0.25) is 0 Å². The van der Waals surface area contributed by atoms with E-state index in [4.69, 9.17) is 0 Å². The molecule has 3 saturated heterocycles. The highest BCUT2D eigenvalue weighted by Crippen LogP contribution is 2.42. The van der Waals surface area contributed by atoms with Crippen LogP contribution in [0, 0.1) is 5.82 Å². The third kappa shape index (κ3) is 7.89. The van der Waals surface area contributed by atoms with Crippen LogP contribution < -0.4 is 20.4 Å². The number of alkyl halides is 2. The quantitative estimate of drug-likeness (QED) is 0.169. The molecule has 3 N–H and O–H groups in total. The fourth-order valence-corrected chi connectivity index (χ4v) is 10.7. The number of aromatic amines is 1. The van der Waals surface area contributed by atoms with Crippen molar-refractivity contribution in [1.29, 1.82) is 0 Å². The predicted octanol–water partition coefficient (Wildman–Crippen LogP) is 4.92. The number of hydrogen-bond acceptors (Lipinski definition) is 12. The summed E-state index contributed by atoms with van der Waals surface area (Å²) in [6.07, 6.45) is 6.76. The van der Waals surface area contributed by atoms with E-state index in [1.54, 1.807) is 59.3 Å². The molecular formula is C46H44F3N13O5S. The molecule has 9 heterocycles. The van der Waals surface area contributed by atoms with Crippen molar-refractivity contribution in [2.24, 2.45) is 0 Å². The lowest BCUT2D eigenvalue weighted by Crippen LogP contribution is -2.54. The van der Waals surface area contributed by atoms with Crippen molar-refractivity contribution in [2.75, 3.05) is 67.5 Å². The lowest BCUT2D eigenvalue weighted by Gasteiger charge is -2.40. The number of hydrogen-bond donors (Lipinski definition) is 3. The Morgan fingerprint density at radius 2 is 1.81 bits per heavy atom. The summed E-state index contributed by atoms with van der Waals surface area (Å²) >= 11 is 1.25. The van der Waals surface area contributed by atoms with E-state index in [0.29, 0.717) is 83.5 Å². The summed E-state index contributed by atoms with van der Waals surface area (Å²) in [5.41, 5.74) is 4.23. The van der Waals surface area contributed by atoms with Crippen LogP contribution in [0.15, 0.2) is 66.6 Å². The third-order valence-corrected chi connectivity index (χ3v) is 14.3. The van der Waals surface area contributed by atoms with Gasteiger partial charge in [-0.05, 0) is 67.8 Å². The molecule has 5 aliphatic rings. The fourth-order valence-electron chi connectivity index (χ4n) is 10.2. The van der Waals surface area contributed by atoms with Crippen molar-refractivity contribution in [3.8, 4) is 11.3 Å². The lowest BCUT2D eigenvalue weighted by molar-refractivity contribution is -0.136. The average Bonchev–Trinajstić information content (AvgIpc) is 4.19. The number of nitrogens with zero attached hydrogens (tertiary/aromatic N) is 10. The van der Waals surface area contributed by atoms with Gasteiger partial charge in [-0.1, -0.05) is 6.07 Å². The van der Waals surface area contributed by atoms with E-state index in [1.807, 2.05) is 10.6 Å². The van der Waals surface area contributed by atoms with E-state index in [-0.39, 0.29) is 55.4 Å². The predicted molar refractivity (Wildman–Crippen MR) is 243 cm³/mol. The number of piperidine rings is 1. The maximum absolute atomic E-state index is 15.9. The first-order chi connectivity index (χ1) is 32.9. The van der Waals surface area contributed by atoms with Crippen LogP contribution >= 0.6 is 11.3 Å². The second-order valence-electron chi connectivity index (χ2n) is 17.7. The molecule has 11 rings (SSSR count). The molecule has 2 atom stereocenters. The molecule has 68 heavy (non-hydrogen) atoms. The Morgan fingerprint density at radius 1 is 0.956 bits per heavy atom. The van der Waals surface area contributed by atoms with Crippen LogP contribution in [-0.4, -0.2) is 132 Å². The first-order valence-electron chi connectivity index (χ1n) is 22.4. The molecule has 6 amide bonds. The van der Waals surface area contributed by atoms with Gasteiger partial charge in [-0.3, -0.25) is 49.7 Å². The zero-order valence-electron chi connectivity index (χ0n) is 36.5. The number of imide groups is 1. The maximum Gasteiger partial charge on any atom is 0.329 e. The number of halogens is 3. The molecule has 0 spiro atoms. The number of carbonyl (C=O) groups excluding carboxylic acids is 5. The van der Waals surface area contributed by atoms with E-state index in [2.05, 4.69) is 40.7 Å². The molecule has 2 unspecified atom stereocenters. The first kappa shape index (κ1) is 43.4. The van der Waals surface area contributed by atoms with Gasteiger partial charge in [-0.15, -0.1) is 11.3 Å². The van der Waals surface area contributed by atoms with Gasteiger partial charge in [0, 0.05) is 85.0 Å². The highest BCUT2D eigenvalue weighted by molar-refractivity contribution is 7.13. The Bertz CT molecular complexity index is 2990. The Hall–Kier alpha value is -7.20. The van der Waals surface area contributed by atoms with Crippen molar-refractivity contribution < 1.29 is 37.1 Å². The maximum atomic E-state index is 15.9. The number of aryl methyl sites for hydroxylation is 1. The number of pyridine rings is 1. The lowest BCUT2D eigenvalue weighted by atomic mass is 9.85. The van der Waals surface area contributed by atoms with E-state index in [9.17, 15) is 24.0 Å². The van der Waals surface area contributed by atoms with Gasteiger partial charge >= 0.3 is 6.03 Å². The number of piperazine rings is 1. The minimum Gasteiger partial charge on any atom is -0.367 e. The Morgan fingerprint density at radius 3 is 2.57 bits per heavy atom. The van der Waals surface area contributed by atoms with E-state index >= 15 is 13.2 Å². The van der Waals surface area contributed by atoms with Crippen LogP contribution in [0.5, 0.6) is 0 Å². The summed E-state index contributed by atoms with van der Waals surface area (Å²) in [6.45, 7) is 2.14. The molecule has 22 heteroatoms. The number of urea groups is 1. The number of aromatic nitrogens is 6. The van der Waals surface area contributed by atoms with Crippen LogP contribution in [0.3, 0.4) is 0 Å². The summed E-state index contributed by atoms with van der Waals surface area (Å²) in [7, 11) is 0. The highest BCUT2D eigenvalue weighted by atomic mass is 32.1. The number of thiazole rings is 1. The zero-order chi connectivity index (χ0) is 46.8. The number of likely N-dealkylation sites (tertiary alicyclic amines) is 1. The van der Waals surface area contributed by atoms with Crippen LogP contribution in [0.1, 0.15) is 64.1 Å². The first-order valence-corrected chi connectivity index (χ1v) is 23.3. The molecule has 5 aliphatic heterocycles. The van der Waals surface area contributed by atoms with E-state index < -0.39 is 48.1 Å². The number of benzene rings is 2. The normalized spacial score (nSPS) is 19.9. The molecule has 18 nitrogen and oxygen atoms in total. The van der Waals surface area contributed by atoms with Crippen LogP contribution in [0.4, 0.5) is 34.6 Å². The van der Waals surface area contributed by atoms with Crippen molar-refractivity contribution >= 4 is 68.5 Å². The number of imidazole rings is 1. The minimum absolute atomic E-state index is 0.115. The molecule has 0 saturated carbocycles. The largest absolute Gasteiger partial charge is 0.367 e. The molecule has 3 fully saturated rings. The minimum atomic E-state index is -3.12. The summed E-state index contributed by atoms with van der Waals surface area (Å²) in [5.74, 6) is -6.04. The highest BCUT2D eigenvalue weighted by Gasteiger charge is 2.46. The molecule has 0 radical (unpaired) electrons. The standard InChI is InChI=1S/C46H44F3N13O5S/c47-33-19-27(18-30-31(33)22-62(43(30)66)40(42(65)54-44-50-9-17-68-44)39-36-2-1-10-60(36)25-52-39)34-6-4-28(21-51-34)58-13-15-59(16-14-58)38(64)23-57-11-7-32(46(48,49)24-57)26-3-5-29-35(20-26)55-56-41(29)61-12-8-37(63)53-45(61)67/h3-6,9,17-21,25,32,40H,1-2,7-8,10-16,22-24H2,(H,55,56)(H,50,54,65)(H,53,63,67). The second-order valence-corrected chi connectivity index (χ2v) is 18.6. The summed E-state index contributed by atoms with van der Waals surface area (Å²) < 4.78 is 49.5. The number of anilines is 3.